The first-order valence-electron chi connectivity index (χ1n) is 10.6. The van der Waals surface area contributed by atoms with Gasteiger partial charge in [-0.05, 0) is 56.4 Å². The summed E-state index contributed by atoms with van der Waals surface area (Å²) in [6, 6.07) is 4.38. The number of nitrogens with one attached hydrogen (secondary N) is 1. The first kappa shape index (κ1) is 26.8. The second-order valence-electron chi connectivity index (χ2n) is 8.27. The average molecular weight is 524 g/mol. The molecule has 6 nitrogen and oxygen atoms in total. The van der Waals surface area contributed by atoms with Crippen molar-refractivity contribution in [2.24, 2.45) is 0 Å². The molecular formula is C22H22F6N2O4S. The summed E-state index contributed by atoms with van der Waals surface area (Å²) in [5, 5.41) is 2.62. The van der Waals surface area contributed by atoms with Crippen molar-refractivity contribution in [3.63, 3.8) is 0 Å². The van der Waals surface area contributed by atoms with Crippen LogP contribution in [0.4, 0.5) is 26.3 Å². The highest BCUT2D eigenvalue weighted by Crippen LogP contribution is 2.42. The number of carbonyl (C=O) groups is 1. The maximum absolute atomic E-state index is 13.4. The average Bonchev–Trinajstić information content (AvgIpc) is 2.78. The molecule has 0 radical (unpaired) electrons. The van der Waals surface area contributed by atoms with E-state index >= 15 is 0 Å². The smallest absolute Gasteiger partial charge is 0.406 e. The van der Waals surface area contributed by atoms with Gasteiger partial charge >= 0.3 is 12.5 Å². The van der Waals surface area contributed by atoms with Crippen molar-refractivity contribution in [2.45, 2.75) is 67.3 Å². The Labute approximate surface area is 197 Å². The molecule has 0 aliphatic heterocycles. The highest BCUT2D eigenvalue weighted by atomic mass is 32.2. The van der Waals surface area contributed by atoms with Crippen molar-refractivity contribution in [1.82, 2.24) is 10.3 Å². The number of alkyl halides is 6. The summed E-state index contributed by atoms with van der Waals surface area (Å²) < 4.78 is 106. The molecule has 1 saturated carbocycles. The maximum atomic E-state index is 13.4. The molecule has 3 rings (SSSR count). The third-order valence-corrected chi connectivity index (χ3v) is 8.84. The van der Waals surface area contributed by atoms with Gasteiger partial charge in [-0.1, -0.05) is 13.0 Å². The quantitative estimate of drug-likeness (QED) is 0.519. The largest absolute Gasteiger partial charge is 0.573 e. The molecule has 1 amide bonds. The molecule has 1 aliphatic carbocycles. The van der Waals surface area contributed by atoms with E-state index in [1.807, 2.05) is 0 Å². The van der Waals surface area contributed by atoms with Gasteiger partial charge in [0.2, 0.25) is 0 Å². The SMILES string of the molecule is CCC1(S(=O)(=O)c2cccc(OC(F)(F)F)c2)CCC(NC(=O)c2cncc(C(F)(F)F)c2)CC1. The minimum atomic E-state index is -4.98. The third-order valence-electron chi connectivity index (χ3n) is 6.12. The van der Waals surface area contributed by atoms with Crippen molar-refractivity contribution in [3.05, 3.63) is 53.9 Å². The van der Waals surface area contributed by atoms with Crippen LogP contribution in [0.2, 0.25) is 0 Å². The molecule has 35 heavy (non-hydrogen) atoms. The molecule has 1 N–H and O–H groups in total. The molecule has 0 spiro atoms. The third kappa shape index (κ3) is 6.06. The predicted molar refractivity (Wildman–Crippen MR) is 112 cm³/mol. The zero-order valence-electron chi connectivity index (χ0n) is 18.4. The number of aromatic nitrogens is 1. The van der Waals surface area contributed by atoms with Gasteiger partial charge in [0.05, 0.1) is 20.8 Å². The van der Waals surface area contributed by atoms with Crippen LogP contribution < -0.4 is 10.1 Å². The Hall–Kier alpha value is -2.83. The van der Waals surface area contributed by atoms with Gasteiger partial charge in [-0.3, -0.25) is 9.78 Å². The number of halogens is 6. The first-order chi connectivity index (χ1) is 16.2. The van der Waals surface area contributed by atoms with Crippen molar-refractivity contribution in [2.75, 3.05) is 0 Å². The van der Waals surface area contributed by atoms with Crippen molar-refractivity contribution < 1.29 is 44.3 Å². The molecule has 0 saturated heterocycles. The Balaban J connectivity index is 1.73. The van der Waals surface area contributed by atoms with E-state index in [4.69, 9.17) is 0 Å². The van der Waals surface area contributed by atoms with Crippen molar-refractivity contribution in [3.8, 4) is 5.75 Å². The van der Waals surface area contributed by atoms with E-state index in [1.165, 1.54) is 6.07 Å². The van der Waals surface area contributed by atoms with E-state index in [9.17, 15) is 39.6 Å². The Kier molecular flexibility index (Phi) is 7.39. The molecule has 13 heteroatoms. The zero-order valence-corrected chi connectivity index (χ0v) is 19.2. The van der Waals surface area contributed by atoms with Crippen LogP contribution in [0.5, 0.6) is 5.75 Å². The topological polar surface area (TPSA) is 85.4 Å². The van der Waals surface area contributed by atoms with Crippen LogP contribution in [0, 0.1) is 0 Å². The van der Waals surface area contributed by atoms with E-state index in [-0.39, 0.29) is 42.6 Å². The minimum Gasteiger partial charge on any atom is -0.406 e. The van der Waals surface area contributed by atoms with Crippen molar-refractivity contribution in [1.29, 1.82) is 0 Å². The zero-order chi connectivity index (χ0) is 26.1. The molecule has 0 atom stereocenters. The summed E-state index contributed by atoms with van der Waals surface area (Å²) in [4.78, 5) is 15.6. The van der Waals surface area contributed by atoms with Crippen LogP contribution in [0.15, 0.2) is 47.6 Å². The number of rotatable bonds is 6. The predicted octanol–water partition coefficient (Wildman–Crippen LogP) is 5.29. The highest BCUT2D eigenvalue weighted by molar-refractivity contribution is 7.92. The van der Waals surface area contributed by atoms with E-state index < -0.39 is 50.4 Å². The van der Waals surface area contributed by atoms with Crippen LogP contribution in [0.25, 0.3) is 0 Å². The Morgan fingerprint density at radius 1 is 1.11 bits per heavy atom. The summed E-state index contributed by atoms with van der Waals surface area (Å²) >= 11 is 0. The molecule has 1 aromatic heterocycles. The summed E-state index contributed by atoms with van der Waals surface area (Å²) in [5.74, 6) is -1.42. The number of sulfone groups is 1. The van der Waals surface area contributed by atoms with Gasteiger partial charge in [0.1, 0.15) is 5.75 Å². The molecule has 1 aromatic carbocycles. The monoisotopic (exact) mass is 524 g/mol. The van der Waals surface area contributed by atoms with Gasteiger partial charge in [0.25, 0.3) is 5.91 Å². The lowest BCUT2D eigenvalue weighted by atomic mass is 9.83. The molecule has 192 valence electrons. The molecule has 0 bridgehead atoms. The van der Waals surface area contributed by atoms with Crippen LogP contribution in [-0.2, 0) is 16.0 Å². The number of benzene rings is 1. The Morgan fingerprint density at radius 2 is 1.77 bits per heavy atom. The fourth-order valence-electron chi connectivity index (χ4n) is 4.18. The lowest BCUT2D eigenvalue weighted by Gasteiger charge is -2.39. The summed E-state index contributed by atoms with van der Waals surface area (Å²) in [6.07, 6.45) is -7.23. The fraction of sp³-hybridized carbons (Fsp3) is 0.455. The number of amides is 1. The van der Waals surface area contributed by atoms with Gasteiger partial charge in [0.15, 0.2) is 9.84 Å². The molecule has 0 unspecified atom stereocenters. The maximum Gasteiger partial charge on any atom is 0.573 e. The van der Waals surface area contributed by atoms with E-state index in [0.717, 1.165) is 24.4 Å². The van der Waals surface area contributed by atoms with Crippen LogP contribution in [-0.4, -0.2) is 36.5 Å². The molecule has 1 heterocycles. The summed E-state index contributed by atoms with van der Waals surface area (Å²) in [5.41, 5.74) is -1.34. The Bertz CT molecular complexity index is 1170. The number of carbonyl (C=O) groups excluding carboxylic acids is 1. The summed E-state index contributed by atoms with van der Waals surface area (Å²) in [6.45, 7) is 1.65. The van der Waals surface area contributed by atoms with E-state index in [2.05, 4.69) is 15.0 Å². The van der Waals surface area contributed by atoms with Gasteiger partial charge in [-0.2, -0.15) is 13.2 Å². The number of pyridine rings is 1. The molecule has 1 fully saturated rings. The second kappa shape index (κ2) is 9.67. The molecule has 2 aromatic rings. The lowest BCUT2D eigenvalue weighted by molar-refractivity contribution is -0.274. The van der Waals surface area contributed by atoms with Gasteiger partial charge in [0, 0.05) is 18.4 Å². The number of hydrogen-bond donors (Lipinski definition) is 1. The molecular weight excluding hydrogens is 502 g/mol. The van der Waals surface area contributed by atoms with Crippen LogP contribution in [0.3, 0.4) is 0 Å². The van der Waals surface area contributed by atoms with Crippen LogP contribution >= 0.6 is 0 Å². The van der Waals surface area contributed by atoms with Gasteiger partial charge in [-0.25, -0.2) is 8.42 Å². The first-order valence-corrected chi connectivity index (χ1v) is 12.1. The van der Waals surface area contributed by atoms with Crippen molar-refractivity contribution >= 4 is 15.7 Å². The van der Waals surface area contributed by atoms with E-state index in [1.54, 1.807) is 6.92 Å². The standard InChI is InChI=1S/C22H22F6N2O4S/c1-2-20(35(32,33)18-5-3-4-17(11-18)34-22(26,27)28)8-6-16(7-9-20)30-19(31)14-10-15(13-29-12-14)21(23,24)25/h3-5,10-13,16H,2,6-9H2,1H3,(H,30,31). The molecule has 1 aliphatic rings. The van der Waals surface area contributed by atoms with Gasteiger partial charge in [-0.15, -0.1) is 13.2 Å². The fourth-order valence-corrected chi connectivity index (χ4v) is 6.36. The number of nitrogens with zero attached hydrogens (tertiary/aromatic N) is 1. The van der Waals surface area contributed by atoms with Crippen LogP contribution in [0.1, 0.15) is 54.9 Å². The normalized spacial score (nSPS) is 21.4. The minimum absolute atomic E-state index is 0.0992. The highest BCUT2D eigenvalue weighted by Gasteiger charge is 2.46. The van der Waals surface area contributed by atoms with Gasteiger partial charge < -0.3 is 10.1 Å². The van der Waals surface area contributed by atoms with E-state index in [0.29, 0.717) is 12.3 Å². The number of ether oxygens (including phenoxy) is 1. The number of hydrogen-bond acceptors (Lipinski definition) is 5. The summed E-state index contributed by atoms with van der Waals surface area (Å²) in [7, 11) is -4.07. The Morgan fingerprint density at radius 3 is 2.34 bits per heavy atom. The lowest BCUT2D eigenvalue weighted by Crippen LogP contribution is -2.47. The second-order valence-corrected chi connectivity index (χ2v) is 10.6.